The standard InChI is InChI=1S/C17H18N4/c1-14(20-12-15-3-2-8-18-11-15)16-4-6-17(7-5-16)21-10-9-19-13-21/h2-11,13-14,20H,12H2,1H3. The van der Waals surface area contributed by atoms with E-state index in [1.54, 1.807) is 18.7 Å². The molecule has 3 rings (SSSR count). The molecule has 0 bridgehead atoms. The van der Waals surface area contributed by atoms with Crippen molar-refractivity contribution in [2.75, 3.05) is 0 Å². The minimum atomic E-state index is 0.294. The lowest BCUT2D eigenvalue weighted by atomic mass is 10.1. The largest absolute Gasteiger partial charge is 0.306 e. The zero-order chi connectivity index (χ0) is 14.5. The molecule has 0 spiro atoms. The Morgan fingerprint density at radius 3 is 2.62 bits per heavy atom. The van der Waals surface area contributed by atoms with Crippen LogP contribution in [0, 0.1) is 0 Å². The third-order valence-electron chi connectivity index (χ3n) is 3.53. The molecule has 21 heavy (non-hydrogen) atoms. The molecular weight excluding hydrogens is 260 g/mol. The van der Waals surface area contributed by atoms with Gasteiger partial charge in [0.15, 0.2) is 0 Å². The Kier molecular flexibility index (Phi) is 4.07. The van der Waals surface area contributed by atoms with Crippen LogP contribution in [-0.2, 0) is 6.54 Å². The van der Waals surface area contributed by atoms with Crippen LogP contribution in [0.3, 0.4) is 0 Å². The zero-order valence-electron chi connectivity index (χ0n) is 12.0. The van der Waals surface area contributed by atoms with E-state index in [0.717, 1.165) is 12.2 Å². The van der Waals surface area contributed by atoms with Crippen LogP contribution in [-0.4, -0.2) is 14.5 Å². The number of rotatable bonds is 5. The molecule has 1 N–H and O–H groups in total. The lowest BCUT2D eigenvalue weighted by Gasteiger charge is -2.15. The summed E-state index contributed by atoms with van der Waals surface area (Å²) < 4.78 is 2.00. The van der Waals surface area contributed by atoms with E-state index in [-0.39, 0.29) is 0 Å². The van der Waals surface area contributed by atoms with E-state index in [1.165, 1.54) is 11.1 Å². The molecular formula is C17H18N4. The molecule has 1 atom stereocenters. The molecule has 0 amide bonds. The Hall–Kier alpha value is -2.46. The van der Waals surface area contributed by atoms with Crippen molar-refractivity contribution in [3.05, 3.63) is 78.6 Å². The summed E-state index contributed by atoms with van der Waals surface area (Å²) in [6.45, 7) is 2.99. The molecule has 0 aliphatic heterocycles. The van der Waals surface area contributed by atoms with Crippen LogP contribution in [0.5, 0.6) is 0 Å². The zero-order valence-corrected chi connectivity index (χ0v) is 12.0. The van der Waals surface area contributed by atoms with Gasteiger partial charge >= 0.3 is 0 Å². The van der Waals surface area contributed by atoms with Crippen molar-refractivity contribution >= 4 is 0 Å². The highest BCUT2D eigenvalue weighted by molar-refractivity contribution is 5.35. The van der Waals surface area contributed by atoms with Crippen molar-refractivity contribution in [2.24, 2.45) is 0 Å². The first-order valence-electron chi connectivity index (χ1n) is 7.03. The van der Waals surface area contributed by atoms with Gasteiger partial charge in [-0.05, 0) is 36.2 Å². The van der Waals surface area contributed by atoms with E-state index in [4.69, 9.17) is 0 Å². The average molecular weight is 278 g/mol. The van der Waals surface area contributed by atoms with Crippen LogP contribution in [0.2, 0.25) is 0 Å². The third-order valence-corrected chi connectivity index (χ3v) is 3.53. The van der Waals surface area contributed by atoms with Crippen LogP contribution in [0.15, 0.2) is 67.5 Å². The van der Waals surface area contributed by atoms with Crippen LogP contribution in [0.4, 0.5) is 0 Å². The van der Waals surface area contributed by atoms with Gasteiger partial charge in [0, 0.05) is 43.1 Å². The van der Waals surface area contributed by atoms with Gasteiger partial charge in [-0.3, -0.25) is 4.98 Å². The number of hydrogen-bond acceptors (Lipinski definition) is 3. The average Bonchev–Trinajstić information content (AvgIpc) is 3.08. The molecule has 0 radical (unpaired) electrons. The third kappa shape index (κ3) is 3.35. The monoisotopic (exact) mass is 278 g/mol. The van der Waals surface area contributed by atoms with E-state index < -0.39 is 0 Å². The smallest absolute Gasteiger partial charge is 0.0991 e. The summed E-state index contributed by atoms with van der Waals surface area (Å²) in [6.07, 6.45) is 9.22. The molecule has 4 nitrogen and oxygen atoms in total. The molecule has 0 saturated carbocycles. The van der Waals surface area contributed by atoms with E-state index >= 15 is 0 Å². The van der Waals surface area contributed by atoms with Gasteiger partial charge < -0.3 is 9.88 Å². The highest BCUT2D eigenvalue weighted by Crippen LogP contribution is 2.16. The second kappa shape index (κ2) is 6.33. The fourth-order valence-corrected chi connectivity index (χ4v) is 2.24. The van der Waals surface area contributed by atoms with Gasteiger partial charge in [-0.15, -0.1) is 0 Å². The molecule has 2 heterocycles. The van der Waals surface area contributed by atoms with Crippen molar-refractivity contribution in [1.29, 1.82) is 0 Å². The normalized spacial score (nSPS) is 12.2. The summed E-state index contributed by atoms with van der Waals surface area (Å²) in [4.78, 5) is 8.19. The van der Waals surface area contributed by atoms with Gasteiger partial charge in [-0.25, -0.2) is 4.98 Å². The van der Waals surface area contributed by atoms with Gasteiger partial charge in [-0.1, -0.05) is 18.2 Å². The van der Waals surface area contributed by atoms with Gasteiger partial charge in [0.25, 0.3) is 0 Å². The van der Waals surface area contributed by atoms with E-state index in [1.807, 2.05) is 23.0 Å². The maximum Gasteiger partial charge on any atom is 0.0991 e. The maximum atomic E-state index is 4.13. The Bertz CT molecular complexity index is 660. The topological polar surface area (TPSA) is 42.7 Å². The highest BCUT2D eigenvalue weighted by atomic mass is 15.0. The molecule has 1 aromatic carbocycles. The Balaban J connectivity index is 1.64. The van der Waals surface area contributed by atoms with Crippen LogP contribution < -0.4 is 5.32 Å². The second-order valence-electron chi connectivity index (χ2n) is 5.03. The molecule has 4 heteroatoms. The Labute approximate surface area is 124 Å². The Morgan fingerprint density at radius 2 is 1.95 bits per heavy atom. The number of nitrogens with zero attached hydrogens (tertiary/aromatic N) is 3. The molecule has 3 aromatic rings. The summed E-state index contributed by atoms with van der Waals surface area (Å²) in [5.41, 5.74) is 3.58. The number of imidazole rings is 1. The maximum absolute atomic E-state index is 4.13. The van der Waals surface area contributed by atoms with Crippen LogP contribution >= 0.6 is 0 Å². The van der Waals surface area contributed by atoms with Gasteiger partial charge in [0.2, 0.25) is 0 Å². The lowest BCUT2D eigenvalue weighted by Crippen LogP contribution is -2.18. The predicted octanol–water partition coefficient (Wildman–Crippen LogP) is 3.12. The predicted molar refractivity (Wildman–Crippen MR) is 83.1 cm³/mol. The van der Waals surface area contributed by atoms with Crippen molar-refractivity contribution < 1.29 is 0 Å². The van der Waals surface area contributed by atoms with E-state index in [0.29, 0.717) is 6.04 Å². The minimum absolute atomic E-state index is 0.294. The quantitative estimate of drug-likeness (QED) is 0.779. The van der Waals surface area contributed by atoms with Crippen molar-refractivity contribution in [3.63, 3.8) is 0 Å². The minimum Gasteiger partial charge on any atom is -0.306 e. The van der Waals surface area contributed by atoms with Crippen molar-refractivity contribution in [2.45, 2.75) is 19.5 Å². The number of hydrogen-bond donors (Lipinski definition) is 1. The number of benzene rings is 1. The summed E-state index contributed by atoms with van der Waals surface area (Å²) in [5, 5.41) is 3.51. The molecule has 2 aromatic heterocycles. The first-order chi connectivity index (χ1) is 10.3. The number of pyridine rings is 1. The van der Waals surface area contributed by atoms with Crippen LogP contribution in [0.25, 0.3) is 5.69 Å². The van der Waals surface area contributed by atoms with Crippen molar-refractivity contribution in [1.82, 2.24) is 19.9 Å². The fourth-order valence-electron chi connectivity index (χ4n) is 2.24. The summed E-state index contributed by atoms with van der Waals surface area (Å²) >= 11 is 0. The molecule has 0 aliphatic rings. The summed E-state index contributed by atoms with van der Waals surface area (Å²) in [6, 6.07) is 12.9. The molecule has 1 unspecified atom stereocenters. The van der Waals surface area contributed by atoms with Crippen molar-refractivity contribution in [3.8, 4) is 5.69 Å². The number of nitrogens with one attached hydrogen (secondary N) is 1. The van der Waals surface area contributed by atoms with E-state index in [9.17, 15) is 0 Å². The Morgan fingerprint density at radius 1 is 1.10 bits per heavy atom. The second-order valence-corrected chi connectivity index (χ2v) is 5.03. The van der Waals surface area contributed by atoms with Gasteiger partial charge in [-0.2, -0.15) is 0 Å². The summed E-state index contributed by atoms with van der Waals surface area (Å²) in [7, 11) is 0. The number of aromatic nitrogens is 3. The molecule has 0 aliphatic carbocycles. The molecule has 0 fully saturated rings. The van der Waals surface area contributed by atoms with Crippen LogP contribution in [0.1, 0.15) is 24.1 Å². The highest BCUT2D eigenvalue weighted by Gasteiger charge is 2.05. The fraction of sp³-hybridized carbons (Fsp3) is 0.176. The first-order valence-corrected chi connectivity index (χ1v) is 7.03. The lowest BCUT2D eigenvalue weighted by molar-refractivity contribution is 0.574. The molecule has 106 valence electrons. The molecule has 0 saturated heterocycles. The summed E-state index contributed by atoms with van der Waals surface area (Å²) in [5.74, 6) is 0. The SMILES string of the molecule is CC(NCc1cccnc1)c1ccc(-n2ccnc2)cc1. The first kappa shape index (κ1) is 13.5. The van der Waals surface area contributed by atoms with Gasteiger partial charge in [0.1, 0.15) is 0 Å². The van der Waals surface area contributed by atoms with Gasteiger partial charge in [0.05, 0.1) is 6.33 Å². The van der Waals surface area contributed by atoms with E-state index in [2.05, 4.69) is 52.5 Å².